The van der Waals surface area contributed by atoms with Gasteiger partial charge in [-0.3, -0.25) is 8.80 Å². The van der Waals surface area contributed by atoms with Gasteiger partial charge in [-0.2, -0.15) is 0 Å². The average Bonchev–Trinajstić information content (AvgIpc) is 3.70. The lowest BCUT2D eigenvalue weighted by atomic mass is 9.82. The van der Waals surface area contributed by atoms with Crippen molar-refractivity contribution in [3.63, 3.8) is 0 Å². The van der Waals surface area contributed by atoms with Gasteiger partial charge in [0.15, 0.2) is 0 Å². The summed E-state index contributed by atoms with van der Waals surface area (Å²) in [6.07, 6.45) is 0. The van der Waals surface area contributed by atoms with Crippen LogP contribution in [0.25, 0.3) is 72.1 Å². The zero-order valence-electron chi connectivity index (χ0n) is 20.9. The fraction of sp³-hybridized carbons (Fsp3) is 0.0909. The molecule has 0 fully saturated rings. The van der Waals surface area contributed by atoms with Gasteiger partial charge in [0.25, 0.3) is 0 Å². The Kier molecular flexibility index (Phi) is 3.02. The molecular formula is C33H21N5. The predicted molar refractivity (Wildman–Crippen MR) is 154 cm³/mol. The highest BCUT2D eigenvalue weighted by atomic mass is 15.3. The van der Waals surface area contributed by atoms with Crippen LogP contribution in [0.3, 0.4) is 0 Å². The maximum atomic E-state index is 5.40. The molecule has 178 valence electrons. The summed E-state index contributed by atoms with van der Waals surface area (Å²) in [6.45, 7) is 4.64. The van der Waals surface area contributed by atoms with Gasteiger partial charge in [0, 0.05) is 16.4 Å². The molecule has 4 heterocycles. The molecule has 0 spiro atoms. The van der Waals surface area contributed by atoms with Crippen molar-refractivity contribution in [2.75, 3.05) is 0 Å². The zero-order chi connectivity index (χ0) is 24.9. The van der Waals surface area contributed by atoms with Gasteiger partial charge in [-0.05, 0) is 46.3 Å². The highest BCUT2D eigenvalue weighted by Crippen LogP contribution is 2.51. The van der Waals surface area contributed by atoms with Crippen molar-refractivity contribution >= 4 is 60.9 Å². The van der Waals surface area contributed by atoms with Crippen molar-refractivity contribution in [1.82, 2.24) is 23.2 Å². The van der Waals surface area contributed by atoms with Crippen LogP contribution >= 0.6 is 0 Å². The van der Waals surface area contributed by atoms with E-state index < -0.39 is 0 Å². The number of para-hydroxylation sites is 1. The molecule has 0 radical (unpaired) electrons. The Morgan fingerprint density at radius 1 is 0.553 bits per heavy atom. The van der Waals surface area contributed by atoms with Crippen LogP contribution in [0.15, 0.2) is 91.0 Å². The average molecular weight is 488 g/mol. The number of rotatable bonds is 0. The van der Waals surface area contributed by atoms with E-state index in [1.54, 1.807) is 0 Å². The molecule has 1 aliphatic rings. The highest BCUT2D eigenvalue weighted by molar-refractivity contribution is 6.10. The Morgan fingerprint density at radius 2 is 1.24 bits per heavy atom. The third kappa shape index (κ3) is 1.92. The number of aromatic nitrogens is 5. The van der Waals surface area contributed by atoms with E-state index in [9.17, 15) is 0 Å². The molecule has 38 heavy (non-hydrogen) atoms. The monoisotopic (exact) mass is 487 g/mol. The first kappa shape index (κ1) is 19.2. The van der Waals surface area contributed by atoms with E-state index in [-0.39, 0.29) is 5.41 Å². The predicted octanol–water partition coefficient (Wildman–Crippen LogP) is 7.59. The van der Waals surface area contributed by atoms with Crippen LogP contribution in [0.4, 0.5) is 0 Å². The molecule has 0 bridgehead atoms. The fourth-order valence-corrected chi connectivity index (χ4v) is 7.29. The van der Waals surface area contributed by atoms with E-state index in [1.807, 2.05) is 0 Å². The van der Waals surface area contributed by atoms with Crippen molar-refractivity contribution in [1.29, 1.82) is 0 Å². The topological polar surface area (TPSA) is 39.0 Å². The van der Waals surface area contributed by atoms with Crippen LogP contribution in [0, 0.1) is 0 Å². The van der Waals surface area contributed by atoms with Crippen molar-refractivity contribution in [2.45, 2.75) is 19.3 Å². The molecule has 5 aromatic carbocycles. The van der Waals surface area contributed by atoms with E-state index in [4.69, 9.17) is 9.97 Å². The summed E-state index contributed by atoms with van der Waals surface area (Å²) in [5.74, 6) is 1.82. The van der Waals surface area contributed by atoms with Crippen molar-refractivity contribution < 1.29 is 0 Å². The summed E-state index contributed by atoms with van der Waals surface area (Å²) in [5.41, 5.74) is 13.1. The first-order valence-electron chi connectivity index (χ1n) is 13.1. The maximum Gasteiger partial charge on any atom is 0.223 e. The molecule has 0 saturated carbocycles. The lowest BCUT2D eigenvalue weighted by molar-refractivity contribution is 0.661. The number of nitrogens with zero attached hydrogens (tertiary/aromatic N) is 5. The van der Waals surface area contributed by atoms with Gasteiger partial charge < -0.3 is 0 Å². The number of fused-ring (bicyclic) bond motifs is 16. The highest BCUT2D eigenvalue weighted by Gasteiger charge is 2.37. The number of benzene rings is 5. The van der Waals surface area contributed by atoms with E-state index in [0.29, 0.717) is 0 Å². The minimum atomic E-state index is -0.0536. The lowest BCUT2D eigenvalue weighted by Gasteiger charge is -2.21. The van der Waals surface area contributed by atoms with E-state index in [2.05, 4.69) is 118 Å². The van der Waals surface area contributed by atoms with Crippen molar-refractivity contribution in [2.24, 2.45) is 0 Å². The quantitative estimate of drug-likeness (QED) is 0.221. The smallest absolute Gasteiger partial charge is 0.223 e. The Hall–Kier alpha value is -4.90. The number of hydrogen-bond donors (Lipinski definition) is 0. The van der Waals surface area contributed by atoms with Crippen LogP contribution in [0.2, 0.25) is 0 Å². The fourth-order valence-electron chi connectivity index (χ4n) is 7.29. The second-order valence-electron chi connectivity index (χ2n) is 11.2. The summed E-state index contributed by atoms with van der Waals surface area (Å²) < 4.78 is 6.88. The van der Waals surface area contributed by atoms with Crippen LogP contribution in [-0.2, 0) is 5.41 Å². The van der Waals surface area contributed by atoms with Crippen LogP contribution < -0.4 is 0 Å². The minimum absolute atomic E-state index is 0.0536. The Morgan fingerprint density at radius 3 is 2.08 bits per heavy atom. The summed E-state index contributed by atoms with van der Waals surface area (Å²) in [4.78, 5) is 10.7. The van der Waals surface area contributed by atoms with Crippen LogP contribution in [0.1, 0.15) is 25.0 Å². The second kappa shape index (κ2) is 5.97. The summed E-state index contributed by atoms with van der Waals surface area (Å²) in [6, 6.07) is 32.8. The molecule has 0 unspecified atom stereocenters. The molecule has 0 atom stereocenters. The summed E-state index contributed by atoms with van der Waals surface area (Å²) in [5, 5.41) is 2.38. The molecule has 0 N–H and O–H groups in total. The normalized spacial score (nSPS) is 14.8. The molecular weight excluding hydrogens is 466 g/mol. The van der Waals surface area contributed by atoms with E-state index >= 15 is 0 Å². The third-order valence-electron chi connectivity index (χ3n) is 8.98. The van der Waals surface area contributed by atoms with Gasteiger partial charge in [0.05, 0.1) is 33.1 Å². The van der Waals surface area contributed by atoms with Crippen LogP contribution in [0.5, 0.6) is 0 Å². The molecule has 5 nitrogen and oxygen atoms in total. The molecule has 0 saturated heterocycles. The van der Waals surface area contributed by atoms with Gasteiger partial charge in [-0.1, -0.05) is 80.6 Å². The first-order valence-corrected chi connectivity index (χ1v) is 13.1. The SMILES string of the molecule is CC1(C)c2ccccc2-c2c1ccc1c2nc2n1c1cccc3c1n2c1nc2c4ccccc4ccc2n31. The van der Waals surface area contributed by atoms with Gasteiger partial charge in [-0.25, -0.2) is 14.4 Å². The van der Waals surface area contributed by atoms with E-state index in [0.717, 1.165) is 50.2 Å². The Balaban J connectivity index is 1.44. The first-order chi connectivity index (χ1) is 18.6. The molecule has 10 rings (SSSR count). The molecule has 9 aromatic rings. The summed E-state index contributed by atoms with van der Waals surface area (Å²) in [7, 11) is 0. The van der Waals surface area contributed by atoms with Crippen molar-refractivity contribution in [3.05, 3.63) is 102 Å². The molecule has 5 heteroatoms. The van der Waals surface area contributed by atoms with E-state index in [1.165, 1.54) is 33.0 Å². The summed E-state index contributed by atoms with van der Waals surface area (Å²) >= 11 is 0. The van der Waals surface area contributed by atoms with Crippen LogP contribution in [-0.4, -0.2) is 23.2 Å². The standard InChI is InChI=1S/C33H21N5/c1-33(2)21-11-6-5-10-20(21)27-22(33)15-17-24-29(27)35-32-37(24)26-13-7-12-25-30(26)38(32)31-34-28-19-9-4-3-8-18(19)14-16-23(28)36(25)31/h3-17H,1-2H3. The van der Waals surface area contributed by atoms with Gasteiger partial charge in [0.1, 0.15) is 5.52 Å². The molecule has 0 amide bonds. The zero-order valence-corrected chi connectivity index (χ0v) is 20.9. The van der Waals surface area contributed by atoms with Gasteiger partial charge in [0.2, 0.25) is 11.6 Å². The third-order valence-corrected chi connectivity index (χ3v) is 8.98. The van der Waals surface area contributed by atoms with Gasteiger partial charge in [-0.15, -0.1) is 0 Å². The molecule has 1 aliphatic carbocycles. The maximum absolute atomic E-state index is 5.40. The largest absolute Gasteiger partial charge is 0.276 e. The molecule has 0 aliphatic heterocycles. The Bertz CT molecular complexity index is 2480. The number of imidazole rings is 4. The lowest BCUT2D eigenvalue weighted by Crippen LogP contribution is -2.14. The minimum Gasteiger partial charge on any atom is -0.276 e. The second-order valence-corrected chi connectivity index (χ2v) is 11.2. The Labute approximate surface area is 216 Å². The molecule has 4 aromatic heterocycles. The van der Waals surface area contributed by atoms with Gasteiger partial charge >= 0.3 is 0 Å². The number of hydrogen-bond acceptors (Lipinski definition) is 2. The van der Waals surface area contributed by atoms with Crippen molar-refractivity contribution in [3.8, 4) is 11.1 Å².